The summed E-state index contributed by atoms with van der Waals surface area (Å²) in [6.07, 6.45) is 3.44. The minimum absolute atomic E-state index is 0.544. The Hall–Kier alpha value is -3.06. The highest BCUT2D eigenvalue weighted by atomic mass is 16.5. The first kappa shape index (κ1) is 16.4. The smallest absolute Gasteiger partial charge is 0.241 e. The Balaban J connectivity index is 1.47. The molecule has 0 radical (unpaired) electrons. The number of nitrogens with one attached hydrogen (secondary N) is 1. The molecule has 132 valence electrons. The van der Waals surface area contributed by atoms with Crippen LogP contribution in [0.5, 0.6) is 0 Å². The minimum Gasteiger partial charge on any atom is -0.341 e. The number of hydrogen-bond acceptors (Lipinski definition) is 6. The summed E-state index contributed by atoms with van der Waals surface area (Å²) in [5.74, 6) is 2.04. The van der Waals surface area contributed by atoms with Gasteiger partial charge < -0.3 is 9.51 Å². The van der Waals surface area contributed by atoms with Gasteiger partial charge in [-0.1, -0.05) is 11.2 Å². The van der Waals surface area contributed by atoms with Gasteiger partial charge in [-0.3, -0.25) is 9.88 Å². The third-order valence-electron chi connectivity index (χ3n) is 4.44. The zero-order chi connectivity index (χ0) is 18.1. The highest BCUT2D eigenvalue weighted by Gasteiger charge is 2.13. The first-order chi connectivity index (χ1) is 12.6. The summed E-state index contributed by atoms with van der Waals surface area (Å²) < 4.78 is 5.36. The molecule has 0 bridgehead atoms. The maximum atomic E-state index is 5.36. The normalized spacial score (nSPS) is 11.5. The fourth-order valence-corrected chi connectivity index (χ4v) is 2.91. The molecule has 0 amide bonds. The van der Waals surface area contributed by atoms with Gasteiger partial charge in [-0.15, -0.1) is 0 Å². The van der Waals surface area contributed by atoms with E-state index in [-0.39, 0.29) is 0 Å². The van der Waals surface area contributed by atoms with Crippen molar-refractivity contribution < 1.29 is 4.52 Å². The Kier molecular flexibility index (Phi) is 4.22. The molecule has 0 aliphatic rings. The van der Waals surface area contributed by atoms with Gasteiger partial charge in [0.25, 0.3) is 0 Å². The molecule has 4 rings (SSSR count). The molecule has 7 heteroatoms. The van der Waals surface area contributed by atoms with Crippen molar-refractivity contribution in [3.8, 4) is 11.4 Å². The number of fused-ring (bicyclic) bond motifs is 1. The number of aromatic nitrogens is 5. The van der Waals surface area contributed by atoms with Crippen LogP contribution in [0.4, 0.5) is 0 Å². The third-order valence-corrected chi connectivity index (χ3v) is 4.44. The quantitative estimate of drug-likeness (QED) is 0.596. The van der Waals surface area contributed by atoms with E-state index in [9.17, 15) is 0 Å². The average Bonchev–Trinajstić information content (AvgIpc) is 3.26. The van der Waals surface area contributed by atoms with Crippen LogP contribution in [0.15, 0.2) is 41.2 Å². The number of pyridine rings is 1. The predicted octanol–water partition coefficient (Wildman–Crippen LogP) is 3.26. The van der Waals surface area contributed by atoms with E-state index >= 15 is 0 Å². The van der Waals surface area contributed by atoms with E-state index in [4.69, 9.17) is 9.51 Å². The standard InChI is InChI=1S/C19H20N6O/c1-12-6-7-15-18(13(12)2)22-16(21-15)10-25(3)11-17-23-19(24-26-17)14-5-4-8-20-9-14/h4-9H,10-11H2,1-3H3,(H,21,22). The van der Waals surface area contributed by atoms with Gasteiger partial charge in [0.05, 0.1) is 24.1 Å². The van der Waals surface area contributed by atoms with Gasteiger partial charge in [0.15, 0.2) is 0 Å². The molecule has 3 heterocycles. The summed E-state index contributed by atoms with van der Waals surface area (Å²) in [5, 5.41) is 4.03. The molecule has 0 aliphatic heterocycles. The molecule has 1 N–H and O–H groups in total. The zero-order valence-corrected chi connectivity index (χ0v) is 15.0. The maximum absolute atomic E-state index is 5.36. The number of aryl methyl sites for hydroxylation is 2. The van der Waals surface area contributed by atoms with Gasteiger partial charge in [-0.25, -0.2) is 4.98 Å². The molecule has 3 aromatic heterocycles. The summed E-state index contributed by atoms with van der Waals surface area (Å²) in [6, 6.07) is 7.95. The number of nitrogens with zero attached hydrogens (tertiary/aromatic N) is 5. The molecule has 0 saturated carbocycles. The second kappa shape index (κ2) is 6.68. The molecule has 0 saturated heterocycles. The second-order valence-electron chi connectivity index (χ2n) is 6.51. The Morgan fingerprint density at radius 2 is 2.00 bits per heavy atom. The first-order valence-corrected chi connectivity index (χ1v) is 8.46. The van der Waals surface area contributed by atoms with E-state index in [1.807, 2.05) is 19.2 Å². The molecule has 4 aromatic rings. The van der Waals surface area contributed by atoms with Crippen LogP contribution in [-0.2, 0) is 13.1 Å². The van der Waals surface area contributed by atoms with Gasteiger partial charge >= 0.3 is 0 Å². The van der Waals surface area contributed by atoms with Crippen LogP contribution < -0.4 is 0 Å². The van der Waals surface area contributed by atoms with Crippen LogP contribution in [-0.4, -0.2) is 37.0 Å². The molecular weight excluding hydrogens is 328 g/mol. The topological polar surface area (TPSA) is 83.7 Å². The van der Waals surface area contributed by atoms with E-state index in [0.29, 0.717) is 24.8 Å². The maximum Gasteiger partial charge on any atom is 0.241 e. The number of hydrogen-bond donors (Lipinski definition) is 1. The lowest BCUT2D eigenvalue weighted by Gasteiger charge is -2.11. The summed E-state index contributed by atoms with van der Waals surface area (Å²) in [7, 11) is 2.00. The fourth-order valence-electron chi connectivity index (χ4n) is 2.91. The van der Waals surface area contributed by atoms with Crippen LogP contribution in [0.25, 0.3) is 22.4 Å². The molecule has 1 aromatic carbocycles. The first-order valence-electron chi connectivity index (χ1n) is 8.46. The van der Waals surface area contributed by atoms with Crippen molar-refractivity contribution in [1.82, 2.24) is 30.0 Å². The number of benzene rings is 1. The molecular formula is C19H20N6O. The van der Waals surface area contributed by atoms with Gasteiger partial charge in [-0.2, -0.15) is 4.98 Å². The van der Waals surface area contributed by atoms with Crippen molar-refractivity contribution >= 4 is 11.0 Å². The highest BCUT2D eigenvalue weighted by molar-refractivity contribution is 5.79. The number of rotatable bonds is 5. The number of H-pyrrole nitrogens is 1. The lowest BCUT2D eigenvalue weighted by atomic mass is 10.1. The Morgan fingerprint density at radius 1 is 1.12 bits per heavy atom. The Labute approximate surface area is 151 Å². The molecule has 0 unspecified atom stereocenters. The molecule has 7 nitrogen and oxygen atoms in total. The second-order valence-corrected chi connectivity index (χ2v) is 6.51. The Bertz CT molecular complexity index is 1040. The van der Waals surface area contributed by atoms with Crippen LogP contribution in [0.3, 0.4) is 0 Å². The monoisotopic (exact) mass is 348 g/mol. The SMILES string of the molecule is Cc1ccc2[nH]c(CN(C)Cc3nc(-c4cccnc4)no3)nc2c1C. The van der Waals surface area contributed by atoms with Crippen molar-refractivity contribution in [3.63, 3.8) is 0 Å². The summed E-state index contributed by atoms with van der Waals surface area (Å²) in [6.45, 7) is 5.41. The summed E-state index contributed by atoms with van der Waals surface area (Å²) in [5.41, 5.74) is 5.40. The number of imidazole rings is 1. The van der Waals surface area contributed by atoms with Crippen molar-refractivity contribution in [2.75, 3.05) is 7.05 Å². The van der Waals surface area contributed by atoms with Gasteiger partial charge in [0, 0.05) is 18.0 Å². The summed E-state index contributed by atoms with van der Waals surface area (Å²) >= 11 is 0. The largest absolute Gasteiger partial charge is 0.341 e. The highest BCUT2D eigenvalue weighted by Crippen LogP contribution is 2.20. The minimum atomic E-state index is 0.544. The van der Waals surface area contributed by atoms with Crippen molar-refractivity contribution in [3.05, 3.63) is 59.5 Å². The van der Waals surface area contributed by atoms with Gasteiger partial charge in [-0.05, 0) is 50.2 Å². The number of aromatic amines is 1. The average molecular weight is 348 g/mol. The lowest BCUT2D eigenvalue weighted by molar-refractivity contribution is 0.257. The van der Waals surface area contributed by atoms with Gasteiger partial charge in [0.1, 0.15) is 5.82 Å². The van der Waals surface area contributed by atoms with E-state index in [1.54, 1.807) is 12.4 Å². The lowest BCUT2D eigenvalue weighted by Crippen LogP contribution is -2.18. The van der Waals surface area contributed by atoms with E-state index in [0.717, 1.165) is 22.4 Å². The van der Waals surface area contributed by atoms with Crippen LogP contribution in [0.1, 0.15) is 22.8 Å². The van der Waals surface area contributed by atoms with E-state index in [1.165, 1.54) is 11.1 Å². The van der Waals surface area contributed by atoms with Gasteiger partial charge in [0.2, 0.25) is 11.7 Å². The van der Waals surface area contributed by atoms with Crippen molar-refractivity contribution in [1.29, 1.82) is 0 Å². The van der Waals surface area contributed by atoms with E-state index < -0.39 is 0 Å². The van der Waals surface area contributed by atoms with Crippen LogP contribution in [0.2, 0.25) is 0 Å². The fraction of sp³-hybridized carbons (Fsp3) is 0.263. The zero-order valence-electron chi connectivity index (χ0n) is 15.0. The van der Waals surface area contributed by atoms with Crippen molar-refractivity contribution in [2.24, 2.45) is 0 Å². The molecule has 26 heavy (non-hydrogen) atoms. The predicted molar refractivity (Wildman–Crippen MR) is 98.3 cm³/mol. The molecule has 0 atom stereocenters. The molecule has 0 aliphatic carbocycles. The van der Waals surface area contributed by atoms with Crippen LogP contribution >= 0.6 is 0 Å². The Morgan fingerprint density at radius 3 is 2.81 bits per heavy atom. The molecule has 0 fully saturated rings. The van der Waals surface area contributed by atoms with Crippen LogP contribution in [0, 0.1) is 13.8 Å². The summed E-state index contributed by atoms with van der Waals surface area (Å²) in [4.78, 5) is 18.7. The third kappa shape index (κ3) is 3.21. The van der Waals surface area contributed by atoms with Crippen molar-refractivity contribution in [2.45, 2.75) is 26.9 Å². The van der Waals surface area contributed by atoms with E-state index in [2.05, 4.69) is 51.0 Å². The molecule has 0 spiro atoms.